The summed E-state index contributed by atoms with van der Waals surface area (Å²) < 4.78 is 7.74. The molecule has 0 aromatic carbocycles. The summed E-state index contributed by atoms with van der Waals surface area (Å²) >= 11 is 1.83. The SMILES string of the molecule is CCCCCCCCCCCCCCCCCCOc1ccc(C(C)C)cc2cc3sccc3c1-2. The van der Waals surface area contributed by atoms with E-state index in [0.717, 1.165) is 18.8 Å². The summed E-state index contributed by atoms with van der Waals surface area (Å²) in [5, 5.41) is 3.54. The summed E-state index contributed by atoms with van der Waals surface area (Å²) in [7, 11) is 0. The molecule has 1 heterocycles. The molecule has 2 heteroatoms. The fourth-order valence-corrected chi connectivity index (χ4v) is 6.03. The summed E-state index contributed by atoms with van der Waals surface area (Å²) in [6.45, 7) is 7.66. The second-order valence-electron chi connectivity index (χ2n) is 10.8. The number of fused-ring (bicyclic) bond motifs is 3. The van der Waals surface area contributed by atoms with Gasteiger partial charge in [0.15, 0.2) is 0 Å². The molecule has 0 bridgehead atoms. The third kappa shape index (κ3) is 9.45. The van der Waals surface area contributed by atoms with Gasteiger partial charge in [0, 0.05) is 15.6 Å². The minimum absolute atomic E-state index is 0.520. The molecule has 0 aliphatic heterocycles. The average molecular weight is 495 g/mol. The van der Waals surface area contributed by atoms with Crippen molar-refractivity contribution in [1.82, 2.24) is 0 Å². The monoisotopic (exact) mass is 494 g/mol. The van der Waals surface area contributed by atoms with Crippen LogP contribution in [0.4, 0.5) is 0 Å². The van der Waals surface area contributed by atoms with Gasteiger partial charge in [0.1, 0.15) is 5.75 Å². The van der Waals surface area contributed by atoms with Crippen molar-refractivity contribution in [1.29, 1.82) is 0 Å². The highest BCUT2D eigenvalue weighted by Crippen LogP contribution is 2.43. The van der Waals surface area contributed by atoms with Crippen molar-refractivity contribution in [2.24, 2.45) is 0 Å². The van der Waals surface area contributed by atoms with Gasteiger partial charge in [0.05, 0.1) is 6.61 Å². The van der Waals surface area contributed by atoms with Crippen molar-refractivity contribution in [3.63, 3.8) is 0 Å². The first-order valence-electron chi connectivity index (χ1n) is 14.8. The molecule has 0 atom stereocenters. The minimum Gasteiger partial charge on any atom is -0.493 e. The van der Waals surface area contributed by atoms with Gasteiger partial charge in [-0.3, -0.25) is 0 Å². The molecule has 0 fully saturated rings. The number of rotatable bonds is 19. The van der Waals surface area contributed by atoms with Crippen molar-refractivity contribution in [3.05, 3.63) is 41.3 Å². The maximum absolute atomic E-state index is 6.37. The molecular formula is C33H50OS. The molecule has 2 aliphatic carbocycles. The zero-order valence-corrected chi connectivity index (χ0v) is 23.7. The molecule has 1 aromatic rings. The van der Waals surface area contributed by atoms with E-state index in [1.165, 1.54) is 123 Å². The second-order valence-corrected chi connectivity index (χ2v) is 11.8. The van der Waals surface area contributed by atoms with Crippen LogP contribution >= 0.6 is 11.3 Å². The van der Waals surface area contributed by atoms with Gasteiger partial charge < -0.3 is 4.74 Å². The Kier molecular flexibility index (Phi) is 13.0. The molecule has 1 nitrogen and oxygen atoms in total. The maximum Gasteiger partial charge on any atom is 0.127 e. The summed E-state index contributed by atoms with van der Waals surface area (Å²) in [5.41, 5.74) is 4.00. The Morgan fingerprint density at radius 1 is 0.686 bits per heavy atom. The Hall–Kier alpha value is -1.54. The molecule has 0 spiro atoms. The molecule has 2 aliphatic rings. The number of hydrogen-bond donors (Lipinski definition) is 0. The van der Waals surface area contributed by atoms with Gasteiger partial charge in [-0.05, 0) is 47.0 Å². The average Bonchev–Trinajstić information content (AvgIpc) is 3.38. The van der Waals surface area contributed by atoms with Crippen LogP contribution in [0.1, 0.15) is 135 Å². The predicted molar refractivity (Wildman–Crippen MR) is 158 cm³/mol. The van der Waals surface area contributed by atoms with E-state index >= 15 is 0 Å². The van der Waals surface area contributed by atoms with Crippen LogP contribution in [0.15, 0.2) is 35.7 Å². The largest absolute Gasteiger partial charge is 0.493 e. The zero-order valence-electron chi connectivity index (χ0n) is 22.9. The first-order valence-corrected chi connectivity index (χ1v) is 15.7. The van der Waals surface area contributed by atoms with Gasteiger partial charge in [0.2, 0.25) is 0 Å². The molecule has 3 rings (SSSR count). The lowest BCUT2D eigenvalue weighted by atomic mass is 10.0. The lowest BCUT2D eigenvalue weighted by Gasteiger charge is -2.08. The van der Waals surface area contributed by atoms with Crippen LogP contribution in [0, 0.1) is 0 Å². The minimum atomic E-state index is 0.520. The van der Waals surface area contributed by atoms with Crippen molar-refractivity contribution < 1.29 is 4.74 Å². The van der Waals surface area contributed by atoms with Crippen LogP contribution in [0.25, 0.3) is 21.2 Å². The Balaban J connectivity index is 1.26. The lowest BCUT2D eigenvalue weighted by Crippen LogP contribution is -1.97. The van der Waals surface area contributed by atoms with Gasteiger partial charge in [0.25, 0.3) is 0 Å². The van der Waals surface area contributed by atoms with Crippen molar-refractivity contribution in [2.75, 3.05) is 6.61 Å². The van der Waals surface area contributed by atoms with Crippen LogP contribution in [-0.2, 0) is 0 Å². The Labute approximate surface area is 220 Å². The van der Waals surface area contributed by atoms with Gasteiger partial charge >= 0.3 is 0 Å². The summed E-state index contributed by atoms with van der Waals surface area (Å²) in [5.74, 6) is 1.58. The Morgan fingerprint density at radius 3 is 1.83 bits per heavy atom. The number of thiophene rings is 1. The van der Waals surface area contributed by atoms with Crippen LogP contribution in [0.3, 0.4) is 0 Å². The van der Waals surface area contributed by atoms with Gasteiger partial charge in [-0.2, -0.15) is 0 Å². The molecular weight excluding hydrogens is 444 g/mol. The zero-order chi connectivity index (χ0) is 24.7. The molecule has 0 radical (unpaired) electrons. The lowest BCUT2D eigenvalue weighted by molar-refractivity contribution is 0.306. The van der Waals surface area contributed by atoms with E-state index in [1.54, 1.807) is 0 Å². The Morgan fingerprint density at radius 2 is 1.26 bits per heavy atom. The molecule has 1 aromatic heterocycles. The quantitative estimate of drug-likeness (QED) is 0.151. The van der Waals surface area contributed by atoms with E-state index in [4.69, 9.17) is 4.74 Å². The predicted octanol–water partition coefficient (Wildman–Crippen LogP) is 11.8. The standard InChI is InChI=1S/C33H50OS/c1-4-5-6-7-8-9-10-11-12-13-14-15-16-17-18-19-23-34-31-21-20-28(27(2)3)25-29-26-32-30(33(29)31)22-24-35-32/h20-22,24-27H,4-19,23H2,1-3H3. The maximum atomic E-state index is 6.37. The van der Waals surface area contributed by atoms with E-state index in [9.17, 15) is 0 Å². The molecule has 0 unspecified atom stereocenters. The molecule has 0 amide bonds. The molecule has 0 saturated heterocycles. The van der Waals surface area contributed by atoms with E-state index < -0.39 is 0 Å². The van der Waals surface area contributed by atoms with Crippen molar-refractivity contribution in [3.8, 4) is 16.9 Å². The van der Waals surface area contributed by atoms with E-state index in [1.807, 2.05) is 11.3 Å². The van der Waals surface area contributed by atoms with Crippen LogP contribution in [-0.4, -0.2) is 6.61 Å². The smallest absolute Gasteiger partial charge is 0.127 e. The summed E-state index contributed by atoms with van der Waals surface area (Å²) in [6.07, 6.45) is 22.4. The van der Waals surface area contributed by atoms with Gasteiger partial charge in [-0.1, -0.05) is 129 Å². The number of unbranched alkanes of at least 4 members (excludes halogenated alkanes) is 15. The van der Waals surface area contributed by atoms with E-state index in [0.29, 0.717) is 5.92 Å². The van der Waals surface area contributed by atoms with Crippen LogP contribution in [0.5, 0.6) is 5.75 Å². The molecule has 0 saturated carbocycles. The molecule has 194 valence electrons. The van der Waals surface area contributed by atoms with Crippen LogP contribution in [0.2, 0.25) is 0 Å². The van der Waals surface area contributed by atoms with Crippen molar-refractivity contribution in [2.45, 2.75) is 129 Å². The fraction of sp³-hybridized carbons (Fsp3) is 0.636. The first-order chi connectivity index (χ1) is 17.2. The fourth-order valence-electron chi connectivity index (χ4n) is 5.19. The third-order valence-electron chi connectivity index (χ3n) is 7.46. The highest BCUT2D eigenvalue weighted by molar-refractivity contribution is 7.17. The van der Waals surface area contributed by atoms with Crippen molar-refractivity contribution >= 4 is 21.4 Å². The molecule has 0 N–H and O–H groups in total. The molecule has 35 heavy (non-hydrogen) atoms. The summed E-state index contributed by atoms with van der Waals surface area (Å²) in [4.78, 5) is 0. The first kappa shape index (κ1) is 28.0. The van der Waals surface area contributed by atoms with Gasteiger partial charge in [-0.15, -0.1) is 11.3 Å². The van der Waals surface area contributed by atoms with E-state index in [2.05, 4.69) is 56.5 Å². The number of hydrogen-bond acceptors (Lipinski definition) is 2. The Bertz CT molecular complexity index is 924. The normalized spacial score (nSPS) is 11.8. The highest BCUT2D eigenvalue weighted by Gasteiger charge is 2.16. The van der Waals surface area contributed by atoms with Gasteiger partial charge in [-0.25, -0.2) is 0 Å². The second kappa shape index (κ2) is 16.3. The van der Waals surface area contributed by atoms with Crippen LogP contribution < -0.4 is 4.74 Å². The number of ether oxygens (including phenoxy) is 1. The topological polar surface area (TPSA) is 9.23 Å². The van der Waals surface area contributed by atoms with E-state index in [-0.39, 0.29) is 0 Å². The summed E-state index contributed by atoms with van der Waals surface area (Å²) in [6, 6.07) is 11.4. The third-order valence-corrected chi connectivity index (χ3v) is 8.32. The highest BCUT2D eigenvalue weighted by atomic mass is 32.1.